The lowest BCUT2D eigenvalue weighted by atomic mass is 10.4. The molecule has 1 N–H and O–H groups in total. The van der Waals surface area contributed by atoms with Crippen LogP contribution in [0.25, 0.3) is 0 Å². The molecule has 1 aromatic heterocycles. The Morgan fingerprint density at radius 1 is 1.64 bits per heavy atom. The van der Waals surface area contributed by atoms with Crippen molar-refractivity contribution in [1.29, 1.82) is 0 Å². The third-order valence-corrected chi connectivity index (χ3v) is 2.61. The van der Waals surface area contributed by atoms with Crippen LogP contribution in [0, 0.1) is 5.21 Å². The highest BCUT2D eigenvalue weighted by atomic mass is 32.2. The number of carbonyl (C=O) groups is 1. The second-order valence-corrected chi connectivity index (χ2v) is 3.86. The number of nitrogens with zero attached hydrogens (tertiary/aromatic N) is 1. The molecule has 0 aliphatic heterocycles. The van der Waals surface area contributed by atoms with Crippen LogP contribution in [0.2, 0.25) is 0 Å². The van der Waals surface area contributed by atoms with Gasteiger partial charge in [0.25, 0.3) is 0 Å². The first-order valence-electron chi connectivity index (χ1n) is 4.27. The molecule has 1 rings (SSSR count). The van der Waals surface area contributed by atoms with E-state index >= 15 is 0 Å². The van der Waals surface area contributed by atoms with E-state index in [9.17, 15) is 10.0 Å². The van der Waals surface area contributed by atoms with Crippen LogP contribution in [0.4, 0.5) is 5.69 Å². The van der Waals surface area contributed by atoms with Crippen LogP contribution < -0.4 is 5.06 Å². The van der Waals surface area contributed by atoms with Crippen LogP contribution in [-0.4, -0.2) is 24.1 Å². The van der Waals surface area contributed by atoms with E-state index in [1.165, 1.54) is 18.8 Å². The largest absolute Gasteiger partial charge is 0.629 e. The van der Waals surface area contributed by atoms with E-state index in [2.05, 4.69) is 4.98 Å². The Labute approximate surface area is 86.9 Å². The molecule has 0 spiro atoms. The zero-order valence-electron chi connectivity index (χ0n) is 7.90. The first kappa shape index (κ1) is 11.2. The molecule has 0 saturated heterocycles. The molecule has 1 unspecified atom stereocenters. The van der Waals surface area contributed by atoms with Crippen LogP contribution in [0.5, 0.6) is 0 Å². The van der Waals surface area contributed by atoms with E-state index < -0.39 is 0 Å². The number of nitrogens with one attached hydrogen (secondary N) is 1. The standard InChI is InChI=1S/C9H12N2O2S/c1-11(13)8-3-4-9(10-7-8)14-6-2-5-12/h3-5,7,11H,2,6H2,1H3. The Morgan fingerprint density at radius 2 is 2.43 bits per heavy atom. The van der Waals surface area contributed by atoms with Crippen LogP contribution in [0.1, 0.15) is 6.42 Å². The van der Waals surface area contributed by atoms with Gasteiger partial charge < -0.3 is 15.1 Å². The maximum absolute atomic E-state index is 10.9. The van der Waals surface area contributed by atoms with Crippen molar-refractivity contribution in [2.45, 2.75) is 11.4 Å². The summed E-state index contributed by atoms with van der Waals surface area (Å²) in [4.78, 5) is 14.2. The molecule has 0 aliphatic carbocycles. The monoisotopic (exact) mass is 212 g/mol. The zero-order chi connectivity index (χ0) is 10.4. The van der Waals surface area contributed by atoms with Crippen LogP contribution in [0.15, 0.2) is 23.4 Å². The molecule has 0 bridgehead atoms. The van der Waals surface area contributed by atoms with Gasteiger partial charge in [-0.05, 0) is 6.07 Å². The molecule has 0 saturated carbocycles. The third kappa shape index (κ3) is 3.45. The fourth-order valence-corrected chi connectivity index (χ4v) is 1.60. The van der Waals surface area contributed by atoms with Gasteiger partial charge in [-0.15, -0.1) is 11.8 Å². The van der Waals surface area contributed by atoms with Gasteiger partial charge in [0.1, 0.15) is 12.0 Å². The highest BCUT2D eigenvalue weighted by Crippen LogP contribution is 2.15. The minimum Gasteiger partial charge on any atom is -0.629 e. The van der Waals surface area contributed by atoms with E-state index in [0.29, 0.717) is 12.1 Å². The quantitative estimate of drug-likeness (QED) is 0.332. The van der Waals surface area contributed by atoms with Gasteiger partial charge in [0, 0.05) is 18.2 Å². The Kier molecular flexibility index (Phi) is 4.58. The number of hydroxylamine groups is 1. The smallest absolute Gasteiger partial charge is 0.149 e. The molecule has 0 radical (unpaired) electrons. The lowest BCUT2D eigenvalue weighted by Gasteiger charge is -2.14. The van der Waals surface area contributed by atoms with Crippen LogP contribution in [-0.2, 0) is 4.79 Å². The topological polar surface area (TPSA) is 57.5 Å². The predicted molar refractivity (Wildman–Crippen MR) is 55.6 cm³/mol. The van der Waals surface area contributed by atoms with Crippen molar-refractivity contribution in [2.75, 3.05) is 12.8 Å². The maximum Gasteiger partial charge on any atom is 0.149 e. The summed E-state index contributed by atoms with van der Waals surface area (Å²) < 4.78 is 0. The van der Waals surface area contributed by atoms with E-state index in [4.69, 9.17) is 0 Å². The zero-order valence-corrected chi connectivity index (χ0v) is 8.71. The van der Waals surface area contributed by atoms with Gasteiger partial charge in [-0.25, -0.2) is 4.98 Å². The first-order chi connectivity index (χ1) is 6.74. The highest BCUT2D eigenvalue weighted by molar-refractivity contribution is 7.99. The van der Waals surface area contributed by atoms with E-state index in [0.717, 1.165) is 17.1 Å². The maximum atomic E-state index is 10.9. The highest BCUT2D eigenvalue weighted by Gasteiger charge is 1.99. The SMILES string of the molecule is C[NH+]([O-])c1ccc(SCCC=O)nc1. The molecule has 0 aliphatic rings. The molecule has 0 aromatic carbocycles. The van der Waals surface area contributed by atoms with Gasteiger partial charge >= 0.3 is 0 Å². The minimum atomic E-state index is 0.0157. The summed E-state index contributed by atoms with van der Waals surface area (Å²) in [6.45, 7) is 0. The van der Waals surface area contributed by atoms with Crippen molar-refractivity contribution in [3.05, 3.63) is 23.5 Å². The van der Waals surface area contributed by atoms with Crippen molar-refractivity contribution in [2.24, 2.45) is 0 Å². The van der Waals surface area contributed by atoms with Gasteiger partial charge in [-0.3, -0.25) is 0 Å². The molecule has 1 heterocycles. The molecule has 0 amide bonds. The Bertz CT molecular complexity index is 287. The number of hydrogen-bond donors (Lipinski definition) is 1. The van der Waals surface area contributed by atoms with Crippen LogP contribution >= 0.6 is 11.8 Å². The average molecular weight is 212 g/mol. The summed E-state index contributed by atoms with van der Waals surface area (Å²) in [5.41, 5.74) is 0.615. The summed E-state index contributed by atoms with van der Waals surface area (Å²) in [6, 6.07) is 3.55. The molecule has 1 aromatic rings. The lowest BCUT2D eigenvalue weighted by Crippen LogP contribution is -2.98. The molecular weight excluding hydrogens is 200 g/mol. The van der Waals surface area contributed by atoms with Crippen molar-refractivity contribution in [3.8, 4) is 0 Å². The number of aldehydes is 1. The van der Waals surface area contributed by atoms with Gasteiger partial charge in [0.2, 0.25) is 0 Å². The number of pyridine rings is 1. The summed E-state index contributed by atoms with van der Waals surface area (Å²) in [5, 5.41) is 11.8. The van der Waals surface area contributed by atoms with Gasteiger partial charge in [-0.1, -0.05) is 0 Å². The van der Waals surface area contributed by atoms with Gasteiger partial charge in [0.15, 0.2) is 0 Å². The summed E-state index contributed by atoms with van der Waals surface area (Å²) in [6.07, 6.45) is 2.98. The van der Waals surface area contributed by atoms with E-state index in [-0.39, 0.29) is 5.06 Å². The number of hydrogen-bond acceptors (Lipinski definition) is 4. The summed E-state index contributed by atoms with van der Waals surface area (Å²) in [7, 11) is 1.51. The van der Waals surface area contributed by atoms with Crippen molar-refractivity contribution in [3.63, 3.8) is 0 Å². The average Bonchev–Trinajstić information content (AvgIpc) is 2.19. The molecule has 4 nitrogen and oxygen atoms in total. The molecular formula is C9H12N2O2S. The Hall–Kier alpha value is -0.910. The molecule has 1 atom stereocenters. The fraction of sp³-hybridized carbons (Fsp3) is 0.333. The van der Waals surface area contributed by atoms with E-state index in [1.54, 1.807) is 18.3 Å². The second kappa shape index (κ2) is 5.74. The molecule has 14 heavy (non-hydrogen) atoms. The second-order valence-electron chi connectivity index (χ2n) is 2.75. The fourth-order valence-electron chi connectivity index (χ4n) is 0.886. The van der Waals surface area contributed by atoms with Crippen molar-refractivity contribution < 1.29 is 9.86 Å². The number of rotatable bonds is 5. The molecule has 76 valence electrons. The lowest BCUT2D eigenvalue weighted by molar-refractivity contribution is -0.751. The third-order valence-electron chi connectivity index (χ3n) is 1.63. The van der Waals surface area contributed by atoms with Gasteiger partial charge in [0.05, 0.1) is 18.3 Å². The summed E-state index contributed by atoms with van der Waals surface area (Å²) in [5.74, 6) is 0.732. The number of thioether (sulfide) groups is 1. The molecule has 0 fully saturated rings. The van der Waals surface area contributed by atoms with Crippen LogP contribution in [0.3, 0.4) is 0 Å². The number of carbonyl (C=O) groups excluding carboxylic acids is 1. The number of quaternary nitrogens is 1. The van der Waals surface area contributed by atoms with Crippen molar-refractivity contribution in [1.82, 2.24) is 4.98 Å². The first-order valence-corrected chi connectivity index (χ1v) is 5.26. The van der Waals surface area contributed by atoms with E-state index in [1.807, 2.05) is 0 Å². The number of aromatic nitrogens is 1. The predicted octanol–water partition coefficient (Wildman–Crippen LogP) is 0.407. The normalized spacial score (nSPS) is 12.4. The van der Waals surface area contributed by atoms with Crippen molar-refractivity contribution >= 4 is 23.7 Å². The molecule has 5 heteroatoms. The Balaban J connectivity index is 2.51. The van der Waals surface area contributed by atoms with Gasteiger partial charge in [-0.2, -0.15) is 0 Å². The Morgan fingerprint density at radius 3 is 2.93 bits per heavy atom. The minimum absolute atomic E-state index is 0.0157. The summed E-state index contributed by atoms with van der Waals surface area (Å²) >= 11 is 1.51.